The fraction of sp³-hybridized carbons (Fsp3) is 0.220. The van der Waals surface area contributed by atoms with Gasteiger partial charge in [0.1, 0.15) is 5.82 Å². The second-order valence-electron chi connectivity index (χ2n) is 13.5. The van der Waals surface area contributed by atoms with Crippen molar-refractivity contribution in [3.63, 3.8) is 0 Å². The predicted molar refractivity (Wildman–Crippen MR) is 188 cm³/mol. The topological polar surface area (TPSA) is 44.9 Å². The Morgan fingerprint density at radius 3 is 2.38 bits per heavy atom. The summed E-state index contributed by atoms with van der Waals surface area (Å²) in [6, 6.07) is 34.1. The van der Waals surface area contributed by atoms with Crippen LogP contribution < -0.4 is 4.74 Å². The van der Waals surface area contributed by atoms with Crippen molar-refractivity contribution in [3.8, 4) is 34.1 Å². The number of hydrogen-bond acceptors (Lipinski definition) is 3. The second kappa shape index (κ2) is 12.6. The standard InChI is InChI=1S/C41H38N4O.Pt/c1-26(2)36-21-30(41(5,6)7)20-28(4)40(36)29-24-43-44(25-29)31-11-10-12-32(22-31)46-33-15-16-35-34-13-8-9-14-37(34)45(38(35)23-33)39-19-27(3)17-18-42-39;/h8-21,24-26H,1-7H3;/q-2;+2. The molecule has 0 aliphatic rings. The first-order chi connectivity index (χ1) is 22.1. The van der Waals surface area contributed by atoms with E-state index in [1.165, 1.54) is 22.3 Å². The van der Waals surface area contributed by atoms with Gasteiger partial charge in [-0.25, -0.2) is 4.98 Å². The molecule has 0 unspecified atom stereocenters. The van der Waals surface area contributed by atoms with Crippen molar-refractivity contribution in [2.24, 2.45) is 0 Å². The summed E-state index contributed by atoms with van der Waals surface area (Å²) in [4.78, 5) is 4.69. The number of fused-ring (bicyclic) bond motifs is 3. The Hall–Kier alpha value is -4.47. The third-order valence-corrected chi connectivity index (χ3v) is 8.63. The Kier molecular flexibility index (Phi) is 8.72. The molecule has 0 N–H and O–H groups in total. The first-order valence-electron chi connectivity index (χ1n) is 15.9. The molecular formula is C41H38N4OPt. The van der Waals surface area contributed by atoms with E-state index in [1.807, 2.05) is 47.4 Å². The number of aromatic nitrogens is 4. The number of rotatable bonds is 6. The SMILES string of the molecule is Cc1ccnc(-n2c3[c-]c(Oc4[c-]c(-n5cc(-c6c(C)cc(C(C)(C)C)cc6C(C)C)cn5)ccc4)ccc3c3ccccc32)c1.[Pt+2]. The van der Waals surface area contributed by atoms with Gasteiger partial charge in [0.15, 0.2) is 0 Å². The van der Waals surface area contributed by atoms with Crippen molar-refractivity contribution in [1.82, 2.24) is 19.3 Å². The number of benzene rings is 4. The molecular weight excluding hydrogens is 760 g/mol. The van der Waals surface area contributed by atoms with E-state index >= 15 is 0 Å². The van der Waals surface area contributed by atoms with E-state index in [-0.39, 0.29) is 26.5 Å². The maximum atomic E-state index is 6.38. The van der Waals surface area contributed by atoms with Gasteiger partial charge in [0.25, 0.3) is 0 Å². The third-order valence-electron chi connectivity index (χ3n) is 8.63. The van der Waals surface area contributed by atoms with Crippen LogP contribution in [0.25, 0.3) is 44.4 Å². The summed E-state index contributed by atoms with van der Waals surface area (Å²) >= 11 is 0. The van der Waals surface area contributed by atoms with E-state index in [9.17, 15) is 0 Å². The van der Waals surface area contributed by atoms with Gasteiger partial charge >= 0.3 is 21.1 Å². The fourth-order valence-electron chi connectivity index (χ4n) is 6.24. The Bertz CT molecular complexity index is 2240. The van der Waals surface area contributed by atoms with Crippen LogP contribution in [0.5, 0.6) is 11.5 Å². The van der Waals surface area contributed by atoms with Gasteiger partial charge in [-0.1, -0.05) is 70.5 Å². The van der Waals surface area contributed by atoms with Crippen molar-refractivity contribution in [2.75, 3.05) is 0 Å². The summed E-state index contributed by atoms with van der Waals surface area (Å²) < 4.78 is 10.4. The van der Waals surface area contributed by atoms with Gasteiger partial charge in [0.05, 0.1) is 6.20 Å². The molecule has 4 aromatic carbocycles. The van der Waals surface area contributed by atoms with Gasteiger partial charge in [-0.05, 0) is 82.3 Å². The molecule has 5 nitrogen and oxygen atoms in total. The van der Waals surface area contributed by atoms with Crippen LogP contribution >= 0.6 is 0 Å². The maximum Gasteiger partial charge on any atom is 2.00 e. The summed E-state index contributed by atoms with van der Waals surface area (Å²) in [5.41, 5.74) is 10.3. The molecule has 0 aliphatic carbocycles. The van der Waals surface area contributed by atoms with Crippen molar-refractivity contribution in [3.05, 3.63) is 132 Å². The van der Waals surface area contributed by atoms with Gasteiger partial charge in [-0.15, -0.1) is 35.7 Å². The van der Waals surface area contributed by atoms with Gasteiger partial charge in [0.2, 0.25) is 0 Å². The first kappa shape index (κ1) is 32.5. The zero-order valence-electron chi connectivity index (χ0n) is 27.8. The smallest absolute Gasteiger partial charge is 0.509 e. The van der Waals surface area contributed by atoms with Crippen LogP contribution in [0.2, 0.25) is 0 Å². The minimum atomic E-state index is 0. The van der Waals surface area contributed by atoms with Crippen molar-refractivity contribution in [1.29, 1.82) is 0 Å². The predicted octanol–water partition coefficient (Wildman–Crippen LogP) is 10.5. The molecule has 0 spiro atoms. The maximum absolute atomic E-state index is 6.38. The largest absolute Gasteiger partial charge is 2.00 e. The van der Waals surface area contributed by atoms with Gasteiger partial charge in [-0.3, -0.25) is 4.68 Å². The fourth-order valence-corrected chi connectivity index (χ4v) is 6.24. The molecule has 0 amide bonds. The number of hydrogen-bond donors (Lipinski definition) is 0. The van der Waals surface area contributed by atoms with Crippen molar-refractivity contribution < 1.29 is 25.8 Å². The summed E-state index contributed by atoms with van der Waals surface area (Å²) in [6.45, 7) is 15.6. The van der Waals surface area contributed by atoms with Crippen LogP contribution in [0.15, 0.2) is 97.5 Å². The zero-order valence-corrected chi connectivity index (χ0v) is 30.1. The van der Waals surface area contributed by atoms with E-state index in [0.29, 0.717) is 17.4 Å². The number of ether oxygens (including phenoxy) is 1. The average molecular weight is 798 g/mol. The number of para-hydroxylation sites is 1. The van der Waals surface area contributed by atoms with Crippen LogP contribution in [-0.2, 0) is 26.5 Å². The van der Waals surface area contributed by atoms with E-state index in [0.717, 1.165) is 44.4 Å². The molecule has 3 heterocycles. The van der Waals surface area contributed by atoms with Crippen LogP contribution in [0.1, 0.15) is 62.8 Å². The zero-order chi connectivity index (χ0) is 32.2. The second-order valence-corrected chi connectivity index (χ2v) is 13.5. The van der Waals surface area contributed by atoms with E-state index in [4.69, 9.17) is 9.84 Å². The Morgan fingerprint density at radius 2 is 1.62 bits per heavy atom. The molecule has 0 saturated heterocycles. The van der Waals surface area contributed by atoms with Crippen LogP contribution in [0, 0.1) is 26.0 Å². The van der Waals surface area contributed by atoms with Gasteiger partial charge < -0.3 is 9.30 Å². The van der Waals surface area contributed by atoms with E-state index < -0.39 is 0 Å². The normalized spacial score (nSPS) is 11.7. The minimum Gasteiger partial charge on any atom is -0.509 e. The minimum absolute atomic E-state index is 0. The summed E-state index contributed by atoms with van der Waals surface area (Å²) in [7, 11) is 0. The summed E-state index contributed by atoms with van der Waals surface area (Å²) in [6.07, 6.45) is 5.89. The van der Waals surface area contributed by atoms with Crippen LogP contribution in [0.3, 0.4) is 0 Å². The summed E-state index contributed by atoms with van der Waals surface area (Å²) in [5.74, 6) is 2.44. The van der Waals surface area contributed by atoms with Crippen LogP contribution in [0.4, 0.5) is 0 Å². The average Bonchev–Trinajstić information content (AvgIpc) is 3.63. The Morgan fingerprint density at radius 1 is 0.830 bits per heavy atom. The first-order valence-corrected chi connectivity index (χ1v) is 15.9. The summed E-state index contributed by atoms with van der Waals surface area (Å²) in [5, 5.41) is 7.00. The van der Waals surface area contributed by atoms with E-state index in [2.05, 4.69) is 125 Å². The molecule has 0 aliphatic heterocycles. The van der Waals surface area contributed by atoms with Crippen molar-refractivity contribution in [2.45, 2.75) is 59.8 Å². The molecule has 0 saturated carbocycles. The molecule has 0 bridgehead atoms. The third kappa shape index (κ3) is 6.17. The molecule has 238 valence electrons. The molecule has 7 rings (SSSR count). The van der Waals surface area contributed by atoms with Gasteiger partial charge in [0, 0.05) is 35.0 Å². The molecule has 47 heavy (non-hydrogen) atoms. The Labute approximate surface area is 291 Å². The Balaban J connectivity index is 0.00000386. The number of nitrogens with zero attached hydrogens (tertiary/aromatic N) is 4. The molecule has 7 aromatic rings. The van der Waals surface area contributed by atoms with Gasteiger partial charge in [-0.2, -0.15) is 17.2 Å². The number of pyridine rings is 1. The van der Waals surface area contributed by atoms with Crippen LogP contribution in [-0.4, -0.2) is 19.3 Å². The van der Waals surface area contributed by atoms with E-state index in [1.54, 1.807) is 0 Å². The molecule has 3 aromatic heterocycles. The molecule has 0 fully saturated rings. The molecule has 0 atom stereocenters. The van der Waals surface area contributed by atoms with Crippen molar-refractivity contribution >= 4 is 21.8 Å². The quantitative estimate of drug-likeness (QED) is 0.158. The molecule has 0 radical (unpaired) electrons. The monoisotopic (exact) mass is 797 g/mol. The number of aryl methyl sites for hydroxylation is 2. The molecule has 6 heteroatoms.